The Bertz CT molecular complexity index is 592. The molecule has 0 atom stereocenters. The predicted molar refractivity (Wildman–Crippen MR) is 86.8 cm³/mol. The Kier molecular flexibility index (Phi) is 5.32. The highest BCUT2D eigenvalue weighted by Crippen LogP contribution is 2.40. The van der Waals surface area contributed by atoms with Crippen molar-refractivity contribution in [3.8, 4) is 0 Å². The van der Waals surface area contributed by atoms with E-state index in [0.29, 0.717) is 13.0 Å². The van der Waals surface area contributed by atoms with Gasteiger partial charge in [-0.05, 0) is 28.7 Å². The van der Waals surface area contributed by atoms with E-state index in [1.54, 1.807) is 28.5 Å². The maximum atomic E-state index is 12.4. The van der Waals surface area contributed by atoms with Gasteiger partial charge in [0.15, 0.2) is 0 Å². The van der Waals surface area contributed by atoms with Crippen LogP contribution in [-0.4, -0.2) is 37.6 Å². The molecule has 0 saturated heterocycles. The van der Waals surface area contributed by atoms with Gasteiger partial charge in [0.05, 0.1) is 11.6 Å². The van der Waals surface area contributed by atoms with Crippen molar-refractivity contribution >= 4 is 17.2 Å². The minimum Gasteiger partial charge on any atom is -0.356 e. The number of hydrogen-bond acceptors (Lipinski definition) is 6. The van der Waals surface area contributed by atoms with Gasteiger partial charge >= 0.3 is 0 Å². The Labute approximate surface area is 139 Å². The number of rotatable bonds is 7. The van der Waals surface area contributed by atoms with E-state index in [1.807, 2.05) is 5.38 Å². The summed E-state index contributed by atoms with van der Waals surface area (Å²) in [5.74, 6) is 0.122. The van der Waals surface area contributed by atoms with E-state index in [1.165, 1.54) is 19.3 Å². The molecule has 2 aromatic heterocycles. The number of carbonyl (C=O) groups is 1. The average molecular weight is 334 g/mol. The third-order valence-corrected chi connectivity index (χ3v) is 5.32. The van der Waals surface area contributed by atoms with Gasteiger partial charge in [0.25, 0.3) is 0 Å². The standard InChI is InChI=1S/C15H22N6OS/c22-13(16-7-4-14-17-8-9-23-14)10-15(5-2-1-3-6-15)11-21-12-18-19-20-21/h8-9,12H,1-7,10-11H2,(H,16,22). The fourth-order valence-corrected chi connectivity index (χ4v) is 4.00. The van der Waals surface area contributed by atoms with Crippen LogP contribution < -0.4 is 5.32 Å². The maximum absolute atomic E-state index is 12.4. The molecule has 1 aliphatic carbocycles. The third kappa shape index (κ3) is 4.57. The SMILES string of the molecule is O=C(CC1(Cn2cnnn2)CCCCC1)NCCc1nccs1. The summed E-state index contributed by atoms with van der Waals surface area (Å²) in [6, 6.07) is 0. The quantitative estimate of drug-likeness (QED) is 0.835. The number of aromatic nitrogens is 5. The molecule has 0 unspecified atom stereocenters. The summed E-state index contributed by atoms with van der Waals surface area (Å²) in [4.78, 5) is 16.6. The number of hydrogen-bond donors (Lipinski definition) is 1. The zero-order valence-electron chi connectivity index (χ0n) is 13.1. The second kappa shape index (κ2) is 7.63. The summed E-state index contributed by atoms with van der Waals surface area (Å²) in [6.07, 6.45) is 10.5. The minimum absolute atomic E-state index is 0.0150. The molecule has 8 heteroatoms. The second-order valence-electron chi connectivity index (χ2n) is 6.27. The third-order valence-electron chi connectivity index (χ3n) is 4.48. The van der Waals surface area contributed by atoms with Gasteiger partial charge in [-0.15, -0.1) is 16.4 Å². The normalized spacial score (nSPS) is 17.0. The molecule has 1 aliphatic rings. The van der Waals surface area contributed by atoms with Crippen molar-refractivity contribution in [2.45, 2.75) is 51.5 Å². The van der Waals surface area contributed by atoms with E-state index in [9.17, 15) is 4.79 Å². The van der Waals surface area contributed by atoms with E-state index < -0.39 is 0 Å². The second-order valence-corrected chi connectivity index (χ2v) is 7.25. The topological polar surface area (TPSA) is 85.6 Å². The molecule has 1 fully saturated rings. The molecule has 0 aliphatic heterocycles. The molecule has 2 heterocycles. The summed E-state index contributed by atoms with van der Waals surface area (Å²) in [6.45, 7) is 1.37. The van der Waals surface area contributed by atoms with E-state index in [2.05, 4.69) is 25.8 Å². The van der Waals surface area contributed by atoms with Crippen molar-refractivity contribution in [2.24, 2.45) is 5.41 Å². The Morgan fingerprint density at radius 3 is 2.91 bits per heavy atom. The van der Waals surface area contributed by atoms with Crippen LogP contribution in [0.2, 0.25) is 0 Å². The van der Waals surface area contributed by atoms with Crippen LogP contribution in [-0.2, 0) is 17.8 Å². The van der Waals surface area contributed by atoms with Crippen molar-refractivity contribution in [1.29, 1.82) is 0 Å². The van der Waals surface area contributed by atoms with Crippen molar-refractivity contribution in [3.63, 3.8) is 0 Å². The van der Waals surface area contributed by atoms with Crippen molar-refractivity contribution in [1.82, 2.24) is 30.5 Å². The lowest BCUT2D eigenvalue weighted by Gasteiger charge is -2.36. The molecule has 0 bridgehead atoms. The number of amides is 1. The molecule has 0 aromatic carbocycles. The zero-order valence-corrected chi connectivity index (χ0v) is 14.0. The fourth-order valence-electron chi connectivity index (χ4n) is 3.38. The number of thiazole rings is 1. The summed E-state index contributed by atoms with van der Waals surface area (Å²) in [5.41, 5.74) is -0.0150. The Morgan fingerprint density at radius 1 is 1.35 bits per heavy atom. The molecule has 23 heavy (non-hydrogen) atoms. The van der Waals surface area contributed by atoms with E-state index in [-0.39, 0.29) is 11.3 Å². The first-order valence-corrected chi connectivity index (χ1v) is 9.00. The van der Waals surface area contributed by atoms with Crippen LogP contribution in [0.5, 0.6) is 0 Å². The number of nitrogens with zero attached hydrogens (tertiary/aromatic N) is 5. The van der Waals surface area contributed by atoms with Crippen molar-refractivity contribution in [2.75, 3.05) is 6.54 Å². The van der Waals surface area contributed by atoms with E-state index in [4.69, 9.17) is 0 Å². The maximum Gasteiger partial charge on any atom is 0.220 e. The van der Waals surface area contributed by atoms with Crippen LogP contribution >= 0.6 is 11.3 Å². The van der Waals surface area contributed by atoms with Gasteiger partial charge in [-0.25, -0.2) is 9.67 Å². The van der Waals surface area contributed by atoms with Crippen LogP contribution in [0.25, 0.3) is 0 Å². The molecule has 1 saturated carbocycles. The summed E-state index contributed by atoms with van der Waals surface area (Å²) >= 11 is 1.62. The first-order valence-electron chi connectivity index (χ1n) is 8.12. The van der Waals surface area contributed by atoms with E-state index in [0.717, 1.165) is 30.8 Å². The number of carbonyl (C=O) groups excluding carboxylic acids is 1. The summed E-state index contributed by atoms with van der Waals surface area (Å²) in [7, 11) is 0. The molecule has 1 amide bonds. The molecule has 7 nitrogen and oxygen atoms in total. The Balaban J connectivity index is 1.53. The highest BCUT2D eigenvalue weighted by atomic mass is 32.1. The van der Waals surface area contributed by atoms with Gasteiger partial charge in [-0.1, -0.05) is 19.3 Å². The van der Waals surface area contributed by atoms with Crippen molar-refractivity contribution < 1.29 is 4.79 Å². The average Bonchev–Trinajstić information content (AvgIpc) is 3.21. The molecule has 3 rings (SSSR count). The smallest absolute Gasteiger partial charge is 0.220 e. The number of tetrazole rings is 1. The first kappa shape index (κ1) is 16.0. The van der Waals surface area contributed by atoms with Crippen LogP contribution in [0.15, 0.2) is 17.9 Å². The Hall–Kier alpha value is -1.83. The molecule has 1 N–H and O–H groups in total. The molecule has 2 aromatic rings. The Morgan fingerprint density at radius 2 is 2.22 bits per heavy atom. The molecule has 0 spiro atoms. The van der Waals surface area contributed by atoms with Gasteiger partial charge in [-0.2, -0.15) is 0 Å². The van der Waals surface area contributed by atoms with Gasteiger partial charge in [-0.3, -0.25) is 4.79 Å². The lowest BCUT2D eigenvalue weighted by atomic mass is 9.71. The fraction of sp³-hybridized carbons (Fsp3) is 0.667. The highest BCUT2D eigenvalue weighted by molar-refractivity contribution is 7.09. The van der Waals surface area contributed by atoms with Gasteiger partial charge in [0, 0.05) is 31.0 Å². The molecular weight excluding hydrogens is 312 g/mol. The lowest BCUT2D eigenvalue weighted by Crippen LogP contribution is -2.37. The van der Waals surface area contributed by atoms with Crippen LogP contribution in [0, 0.1) is 5.41 Å². The summed E-state index contributed by atoms with van der Waals surface area (Å²) in [5, 5.41) is 17.4. The zero-order chi connectivity index (χ0) is 16.0. The summed E-state index contributed by atoms with van der Waals surface area (Å²) < 4.78 is 1.76. The molecule has 0 radical (unpaired) electrons. The lowest BCUT2D eigenvalue weighted by molar-refractivity contribution is -0.124. The van der Waals surface area contributed by atoms with Gasteiger partial charge < -0.3 is 5.32 Å². The van der Waals surface area contributed by atoms with Crippen LogP contribution in [0.4, 0.5) is 0 Å². The molecular formula is C15H22N6OS. The number of nitrogens with one attached hydrogen (secondary N) is 1. The largest absolute Gasteiger partial charge is 0.356 e. The first-order chi connectivity index (χ1) is 11.3. The minimum atomic E-state index is -0.0150. The van der Waals surface area contributed by atoms with Gasteiger partial charge in [0.1, 0.15) is 6.33 Å². The van der Waals surface area contributed by atoms with Gasteiger partial charge in [0.2, 0.25) is 5.91 Å². The van der Waals surface area contributed by atoms with Crippen LogP contribution in [0.1, 0.15) is 43.5 Å². The van der Waals surface area contributed by atoms with Crippen molar-refractivity contribution in [3.05, 3.63) is 22.9 Å². The predicted octanol–water partition coefficient (Wildman–Crippen LogP) is 1.83. The monoisotopic (exact) mass is 334 g/mol. The highest BCUT2D eigenvalue weighted by Gasteiger charge is 2.35. The molecule has 124 valence electrons. The van der Waals surface area contributed by atoms with Crippen LogP contribution in [0.3, 0.4) is 0 Å². The van der Waals surface area contributed by atoms with E-state index >= 15 is 0 Å².